The third-order valence-electron chi connectivity index (χ3n) is 6.63. The fraction of sp³-hybridized carbons (Fsp3) is 0.300. The molecule has 1 aliphatic heterocycles. The van der Waals surface area contributed by atoms with Gasteiger partial charge >= 0.3 is 12.1 Å². The molecule has 0 radical (unpaired) electrons. The van der Waals surface area contributed by atoms with Crippen molar-refractivity contribution in [1.82, 2.24) is 10.6 Å². The molecule has 0 saturated heterocycles. The van der Waals surface area contributed by atoms with Crippen molar-refractivity contribution >= 4 is 18.0 Å². The highest BCUT2D eigenvalue weighted by molar-refractivity contribution is 5.98. The maximum atomic E-state index is 13.0. The Bertz CT molecular complexity index is 1330. The third-order valence-corrected chi connectivity index (χ3v) is 6.63. The molecule has 3 aromatic rings. The van der Waals surface area contributed by atoms with Gasteiger partial charge in [-0.05, 0) is 60.2 Å². The number of rotatable bonds is 6. The van der Waals surface area contributed by atoms with Crippen LogP contribution < -0.4 is 10.6 Å². The van der Waals surface area contributed by atoms with Crippen LogP contribution in [-0.2, 0) is 27.2 Å². The van der Waals surface area contributed by atoms with Crippen LogP contribution in [0.4, 0.5) is 4.79 Å². The van der Waals surface area contributed by atoms with E-state index in [0.717, 1.165) is 33.4 Å². The summed E-state index contributed by atoms with van der Waals surface area (Å²) in [4.78, 5) is 38.0. The highest BCUT2D eigenvalue weighted by Gasteiger charge is 2.31. The average Bonchev–Trinajstić information content (AvgIpc) is 3.39. The normalized spacial score (nSPS) is 14.7. The molecule has 2 N–H and O–H groups in total. The number of ether oxygens (including phenoxy) is 2. The zero-order chi connectivity index (χ0) is 26.2. The molecular weight excluding hydrogens is 468 g/mol. The summed E-state index contributed by atoms with van der Waals surface area (Å²) in [6.45, 7) is 5.95. The molecule has 3 aromatic carbocycles. The summed E-state index contributed by atoms with van der Waals surface area (Å²) in [5.41, 5.74) is 6.00. The van der Waals surface area contributed by atoms with E-state index in [1.54, 1.807) is 26.8 Å². The lowest BCUT2D eigenvalue weighted by molar-refractivity contribution is -0.157. The van der Waals surface area contributed by atoms with Crippen molar-refractivity contribution in [2.75, 3.05) is 6.61 Å². The second-order valence-electron chi connectivity index (χ2n) is 10.4. The monoisotopic (exact) mass is 498 g/mol. The van der Waals surface area contributed by atoms with Crippen LogP contribution in [0.1, 0.15) is 59.3 Å². The molecule has 0 aromatic heterocycles. The number of carbonyl (C=O) groups excluding carboxylic acids is 3. The molecule has 0 bridgehead atoms. The Hall–Kier alpha value is -4.13. The van der Waals surface area contributed by atoms with Gasteiger partial charge in [0.1, 0.15) is 18.2 Å². The Labute approximate surface area is 216 Å². The van der Waals surface area contributed by atoms with Gasteiger partial charge in [0.05, 0.1) is 0 Å². The van der Waals surface area contributed by atoms with Crippen molar-refractivity contribution in [1.29, 1.82) is 0 Å². The molecule has 1 heterocycles. The fourth-order valence-corrected chi connectivity index (χ4v) is 4.97. The molecule has 7 heteroatoms. The topological polar surface area (TPSA) is 93.7 Å². The Morgan fingerprint density at radius 1 is 0.973 bits per heavy atom. The van der Waals surface area contributed by atoms with Crippen molar-refractivity contribution in [3.8, 4) is 11.1 Å². The standard InChI is InChI=1S/C30H30N2O5/c1-30(2,3)37-28(34)26(15-18-12-13-19-16-31-27(33)24(19)14-18)32-29(35)36-17-25-22-10-6-4-8-20(22)21-9-5-7-11-23(21)25/h4-14,25-26H,15-17H2,1-3H3,(H,31,33)(H,32,35)/t26-/m0/s1. The molecule has 1 aliphatic carbocycles. The SMILES string of the molecule is CC(C)(C)OC(=O)[C@H](Cc1ccc2c(c1)C(=O)NC2)NC(=O)OCC1c2ccccc2-c2ccccc21. The zero-order valence-corrected chi connectivity index (χ0v) is 21.2. The molecule has 0 saturated carbocycles. The lowest BCUT2D eigenvalue weighted by Crippen LogP contribution is -2.46. The van der Waals surface area contributed by atoms with Crippen LogP contribution in [0, 0.1) is 0 Å². The van der Waals surface area contributed by atoms with Crippen molar-refractivity contribution in [2.24, 2.45) is 0 Å². The Kier molecular flexibility index (Phi) is 6.46. The lowest BCUT2D eigenvalue weighted by atomic mass is 9.98. The summed E-state index contributed by atoms with van der Waals surface area (Å²) in [7, 11) is 0. The van der Waals surface area contributed by atoms with E-state index in [1.165, 1.54) is 0 Å². The highest BCUT2D eigenvalue weighted by Crippen LogP contribution is 2.44. The first-order valence-electron chi connectivity index (χ1n) is 12.4. The summed E-state index contributed by atoms with van der Waals surface area (Å²) < 4.78 is 11.2. The van der Waals surface area contributed by atoms with Crippen LogP contribution in [0.25, 0.3) is 11.1 Å². The molecule has 2 amide bonds. The smallest absolute Gasteiger partial charge is 0.407 e. The number of hydrogen-bond acceptors (Lipinski definition) is 5. The third kappa shape index (κ3) is 5.21. The quantitative estimate of drug-likeness (QED) is 0.480. The zero-order valence-electron chi connectivity index (χ0n) is 21.2. The van der Waals surface area contributed by atoms with Crippen LogP contribution in [-0.4, -0.2) is 36.2 Å². The predicted molar refractivity (Wildman–Crippen MR) is 139 cm³/mol. The summed E-state index contributed by atoms with van der Waals surface area (Å²) in [5, 5.41) is 5.49. The number of amides is 2. The number of nitrogens with one attached hydrogen (secondary N) is 2. The number of alkyl carbamates (subject to hydrolysis) is 1. The van der Waals surface area contributed by atoms with Gasteiger partial charge in [-0.3, -0.25) is 4.79 Å². The molecule has 2 aliphatic rings. The number of esters is 1. The summed E-state index contributed by atoms with van der Waals surface area (Å²) >= 11 is 0. The lowest BCUT2D eigenvalue weighted by Gasteiger charge is -2.25. The molecule has 0 unspecified atom stereocenters. The van der Waals surface area contributed by atoms with Crippen molar-refractivity contribution < 1.29 is 23.9 Å². The fourth-order valence-electron chi connectivity index (χ4n) is 4.97. The predicted octanol–water partition coefficient (Wildman–Crippen LogP) is 4.72. The van der Waals surface area contributed by atoms with Crippen LogP contribution in [0.2, 0.25) is 0 Å². The van der Waals surface area contributed by atoms with E-state index >= 15 is 0 Å². The van der Waals surface area contributed by atoms with E-state index in [1.807, 2.05) is 36.4 Å². The van der Waals surface area contributed by atoms with E-state index in [2.05, 4.69) is 34.9 Å². The second kappa shape index (κ2) is 9.73. The van der Waals surface area contributed by atoms with Gasteiger partial charge < -0.3 is 20.1 Å². The molecule has 0 spiro atoms. The van der Waals surface area contributed by atoms with E-state index < -0.39 is 23.7 Å². The molecule has 190 valence electrons. The second-order valence-corrected chi connectivity index (χ2v) is 10.4. The van der Waals surface area contributed by atoms with E-state index in [4.69, 9.17) is 9.47 Å². The van der Waals surface area contributed by atoms with Crippen LogP contribution >= 0.6 is 0 Å². The average molecular weight is 499 g/mol. The number of benzene rings is 3. The van der Waals surface area contributed by atoms with Gasteiger partial charge in [0.25, 0.3) is 5.91 Å². The minimum Gasteiger partial charge on any atom is -0.458 e. The Balaban J connectivity index is 1.31. The number of hydrogen-bond donors (Lipinski definition) is 2. The van der Waals surface area contributed by atoms with Crippen LogP contribution in [0.3, 0.4) is 0 Å². The maximum absolute atomic E-state index is 13.0. The molecular formula is C30H30N2O5. The summed E-state index contributed by atoms with van der Waals surface area (Å²) in [5.74, 6) is -0.797. The van der Waals surface area contributed by atoms with Crippen LogP contribution in [0.15, 0.2) is 66.7 Å². The van der Waals surface area contributed by atoms with Gasteiger partial charge in [-0.15, -0.1) is 0 Å². The summed E-state index contributed by atoms with van der Waals surface area (Å²) in [6, 6.07) is 20.7. The van der Waals surface area contributed by atoms with Gasteiger partial charge in [-0.2, -0.15) is 0 Å². The van der Waals surface area contributed by atoms with E-state index in [0.29, 0.717) is 12.1 Å². The van der Waals surface area contributed by atoms with Crippen molar-refractivity contribution in [3.63, 3.8) is 0 Å². The summed E-state index contributed by atoms with van der Waals surface area (Å²) in [6.07, 6.45) is -0.531. The largest absolute Gasteiger partial charge is 0.458 e. The number of fused-ring (bicyclic) bond motifs is 4. The van der Waals surface area contributed by atoms with Gasteiger partial charge in [0.15, 0.2) is 0 Å². The molecule has 1 atom stereocenters. The first-order chi connectivity index (χ1) is 17.7. The highest BCUT2D eigenvalue weighted by atomic mass is 16.6. The minimum atomic E-state index is -0.975. The molecule has 37 heavy (non-hydrogen) atoms. The van der Waals surface area contributed by atoms with Gasteiger partial charge in [0, 0.05) is 24.4 Å². The first-order valence-corrected chi connectivity index (χ1v) is 12.4. The maximum Gasteiger partial charge on any atom is 0.407 e. The molecule has 5 rings (SSSR count). The van der Waals surface area contributed by atoms with E-state index in [9.17, 15) is 14.4 Å². The first kappa shape index (κ1) is 24.6. The van der Waals surface area contributed by atoms with Gasteiger partial charge in [-0.1, -0.05) is 60.7 Å². The van der Waals surface area contributed by atoms with Gasteiger partial charge in [0.2, 0.25) is 0 Å². The molecule has 0 fully saturated rings. The van der Waals surface area contributed by atoms with Crippen LogP contribution in [0.5, 0.6) is 0 Å². The van der Waals surface area contributed by atoms with Crippen molar-refractivity contribution in [3.05, 3.63) is 94.5 Å². The van der Waals surface area contributed by atoms with Gasteiger partial charge in [-0.25, -0.2) is 9.59 Å². The molecule has 7 nitrogen and oxygen atoms in total. The Morgan fingerprint density at radius 2 is 1.62 bits per heavy atom. The van der Waals surface area contributed by atoms with Crippen molar-refractivity contribution in [2.45, 2.75) is 51.3 Å². The van der Waals surface area contributed by atoms with E-state index in [-0.39, 0.29) is 24.9 Å². The number of carbonyl (C=O) groups is 3. The minimum absolute atomic E-state index is 0.0895. The Morgan fingerprint density at radius 3 is 2.27 bits per heavy atom.